The van der Waals surface area contributed by atoms with Crippen LogP contribution in [0.5, 0.6) is 0 Å². The number of nitrogens with zero attached hydrogens (tertiary/aromatic N) is 6. The highest BCUT2D eigenvalue weighted by Gasteiger charge is 2.43. The van der Waals surface area contributed by atoms with Gasteiger partial charge in [-0.2, -0.15) is 13.2 Å². The fraction of sp³-hybridized carbons (Fsp3) is 0.478. The van der Waals surface area contributed by atoms with Gasteiger partial charge in [-0.25, -0.2) is 14.4 Å². The van der Waals surface area contributed by atoms with E-state index in [-0.39, 0.29) is 5.92 Å². The molecule has 0 bridgehead atoms. The number of halogens is 4. The molecular weight excluding hydrogens is 468 g/mol. The molecule has 34 heavy (non-hydrogen) atoms. The van der Waals surface area contributed by atoms with Crippen molar-refractivity contribution in [1.82, 2.24) is 29.6 Å². The molecule has 1 aromatic carbocycles. The summed E-state index contributed by atoms with van der Waals surface area (Å²) < 4.78 is 55.4. The highest BCUT2D eigenvalue weighted by molar-refractivity contribution is 7.99. The molecule has 0 spiro atoms. The van der Waals surface area contributed by atoms with Crippen LogP contribution in [0.1, 0.15) is 31.4 Å². The van der Waals surface area contributed by atoms with Gasteiger partial charge in [0.05, 0.1) is 11.1 Å². The van der Waals surface area contributed by atoms with E-state index in [0.717, 1.165) is 42.0 Å². The monoisotopic (exact) mass is 494 g/mol. The van der Waals surface area contributed by atoms with Crippen molar-refractivity contribution < 1.29 is 17.6 Å². The second-order valence-electron chi connectivity index (χ2n) is 8.94. The summed E-state index contributed by atoms with van der Waals surface area (Å²) in [5.41, 5.74) is -0.354. The molecule has 6 nitrogen and oxygen atoms in total. The molecule has 0 radical (unpaired) electrons. The lowest BCUT2D eigenvalue weighted by Crippen LogP contribution is -2.32. The SMILES string of the molecule is C[C@H]1CN(CCCSc2nnc(-c3cncnc3)n2C)C[C@]1(C)c1ccc(C(F)(F)F)cc1F. The zero-order valence-corrected chi connectivity index (χ0v) is 20.0. The Hall–Kier alpha value is -2.53. The molecule has 3 aromatic rings. The van der Waals surface area contributed by atoms with E-state index in [9.17, 15) is 17.6 Å². The first kappa shape index (κ1) is 24.6. The molecule has 1 aliphatic heterocycles. The number of aromatic nitrogens is 5. The number of rotatable bonds is 7. The van der Waals surface area contributed by atoms with Gasteiger partial charge in [0.25, 0.3) is 0 Å². The van der Waals surface area contributed by atoms with Crippen molar-refractivity contribution in [2.24, 2.45) is 13.0 Å². The van der Waals surface area contributed by atoms with Crippen LogP contribution < -0.4 is 0 Å². The highest BCUT2D eigenvalue weighted by Crippen LogP contribution is 2.41. The lowest BCUT2D eigenvalue weighted by atomic mass is 9.74. The number of hydrogen-bond acceptors (Lipinski definition) is 6. The number of alkyl halides is 3. The predicted molar refractivity (Wildman–Crippen MR) is 122 cm³/mol. The van der Waals surface area contributed by atoms with Gasteiger partial charge in [0.1, 0.15) is 12.1 Å². The van der Waals surface area contributed by atoms with Crippen LogP contribution in [-0.2, 0) is 18.6 Å². The molecule has 2 atom stereocenters. The van der Waals surface area contributed by atoms with Gasteiger partial charge in [-0.15, -0.1) is 10.2 Å². The van der Waals surface area contributed by atoms with Crippen LogP contribution in [0, 0.1) is 11.7 Å². The van der Waals surface area contributed by atoms with Crippen molar-refractivity contribution in [1.29, 1.82) is 0 Å². The zero-order chi connectivity index (χ0) is 24.5. The van der Waals surface area contributed by atoms with Crippen LogP contribution in [0.25, 0.3) is 11.4 Å². The van der Waals surface area contributed by atoms with Gasteiger partial charge in [-0.3, -0.25) is 0 Å². The lowest BCUT2D eigenvalue weighted by Gasteiger charge is -2.30. The first-order valence-electron chi connectivity index (χ1n) is 11.0. The quantitative estimate of drug-likeness (QED) is 0.267. The van der Waals surface area contributed by atoms with Crippen molar-refractivity contribution in [3.05, 3.63) is 53.9 Å². The number of hydrogen-bond donors (Lipinski definition) is 0. The molecule has 0 unspecified atom stereocenters. The minimum atomic E-state index is -4.55. The largest absolute Gasteiger partial charge is 0.416 e. The van der Waals surface area contributed by atoms with Crippen LogP contribution in [0.4, 0.5) is 17.6 Å². The van der Waals surface area contributed by atoms with Crippen molar-refractivity contribution in [3.63, 3.8) is 0 Å². The van der Waals surface area contributed by atoms with Crippen LogP contribution in [-0.4, -0.2) is 55.0 Å². The van der Waals surface area contributed by atoms with E-state index in [0.29, 0.717) is 24.0 Å². The molecule has 3 heterocycles. The molecule has 2 aromatic heterocycles. The average molecular weight is 495 g/mol. The van der Waals surface area contributed by atoms with Crippen molar-refractivity contribution >= 4 is 11.8 Å². The topological polar surface area (TPSA) is 59.7 Å². The summed E-state index contributed by atoms with van der Waals surface area (Å²) in [6, 6.07) is 2.90. The lowest BCUT2D eigenvalue weighted by molar-refractivity contribution is -0.137. The van der Waals surface area contributed by atoms with E-state index in [1.165, 1.54) is 12.4 Å². The van der Waals surface area contributed by atoms with E-state index >= 15 is 0 Å². The molecule has 1 saturated heterocycles. The maximum absolute atomic E-state index is 14.7. The van der Waals surface area contributed by atoms with Crippen molar-refractivity contribution in [2.45, 2.75) is 37.0 Å². The van der Waals surface area contributed by atoms with Crippen LogP contribution in [0.3, 0.4) is 0 Å². The Morgan fingerprint density at radius 3 is 2.59 bits per heavy atom. The number of benzene rings is 1. The second-order valence-corrected chi connectivity index (χ2v) is 10.0. The Kier molecular flexibility index (Phi) is 6.95. The third-order valence-corrected chi connectivity index (χ3v) is 7.69. The van der Waals surface area contributed by atoms with E-state index in [4.69, 9.17) is 0 Å². The molecule has 0 N–H and O–H groups in total. The fourth-order valence-electron chi connectivity index (χ4n) is 4.51. The van der Waals surface area contributed by atoms with Crippen molar-refractivity contribution in [2.75, 3.05) is 25.4 Å². The third-order valence-electron chi connectivity index (χ3n) is 6.59. The summed E-state index contributed by atoms with van der Waals surface area (Å²) in [6.07, 6.45) is 1.18. The maximum atomic E-state index is 14.7. The normalized spacial score (nSPS) is 21.3. The molecule has 1 fully saturated rings. The van der Waals surface area contributed by atoms with Crippen molar-refractivity contribution in [3.8, 4) is 11.4 Å². The summed E-state index contributed by atoms with van der Waals surface area (Å²) in [5.74, 6) is 0.850. The Morgan fingerprint density at radius 1 is 1.18 bits per heavy atom. The summed E-state index contributed by atoms with van der Waals surface area (Å²) in [6.45, 7) is 6.14. The Morgan fingerprint density at radius 2 is 1.91 bits per heavy atom. The fourth-order valence-corrected chi connectivity index (χ4v) is 5.34. The smallest absolute Gasteiger partial charge is 0.305 e. The molecule has 0 amide bonds. The molecule has 0 saturated carbocycles. The second kappa shape index (κ2) is 9.61. The third kappa shape index (κ3) is 4.95. The highest BCUT2D eigenvalue weighted by atomic mass is 32.2. The first-order valence-corrected chi connectivity index (χ1v) is 12.0. The van der Waals surface area contributed by atoms with E-state index in [1.807, 2.05) is 25.5 Å². The Labute approximate surface area is 199 Å². The molecule has 4 rings (SSSR count). The molecule has 0 aliphatic carbocycles. The molecule has 182 valence electrons. The number of likely N-dealkylation sites (tertiary alicyclic amines) is 1. The summed E-state index contributed by atoms with van der Waals surface area (Å²) in [7, 11) is 1.90. The van der Waals surface area contributed by atoms with E-state index < -0.39 is 23.0 Å². The number of thioether (sulfide) groups is 1. The first-order chi connectivity index (χ1) is 16.1. The van der Waals surface area contributed by atoms with Gasteiger partial charge >= 0.3 is 6.18 Å². The van der Waals surface area contributed by atoms with Gasteiger partial charge in [0.2, 0.25) is 0 Å². The Balaban J connectivity index is 1.33. The van der Waals surface area contributed by atoms with Gasteiger partial charge in [0.15, 0.2) is 11.0 Å². The van der Waals surface area contributed by atoms with Gasteiger partial charge in [0, 0.05) is 43.7 Å². The molecular formula is C23H26F4N6S. The summed E-state index contributed by atoms with van der Waals surface area (Å²) in [4.78, 5) is 10.3. The minimum Gasteiger partial charge on any atom is -0.305 e. The summed E-state index contributed by atoms with van der Waals surface area (Å²) >= 11 is 1.60. The average Bonchev–Trinajstić information content (AvgIpc) is 3.30. The van der Waals surface area contributed by atoms with Crippen LogP contribution in [0.15, 0.2) is 42.1 Å². The standard InChI is InChI=1S/C23H26F4N6S/c1-15-12-33(13-22(15,2)18-6-5-17(9-19(18)24)23(25,26)27)7-4-8-34-21-31-30-20(32(21)3)16-10-28-14-29-11-16/h5-6,9-11,14-15H,4,7-8,12-13H2,1-3H3/t15-,22-/m0/s1. The summed E-state index contributed by atoms with van der Waals surface area (Å²) in [5, 5.41) is 9.28. The Bertz CT molecular complexity index is 1140. The van der Waals surface area contributed by atoms with E-state index in [2.05, 4.69) is 25.1 Å². The van der Waals surface area contributed by atoms with Gasteiger partial charge in [-0.05, 0) is 36.6 Å². The minimum absolute atomic E-state index is 0.112. The van der Waals surface area contributed by atoms with Gasteiger partial charge < -0.3 is 9.47 Å². The zero-order valence-electron chi connectivity index (χ0n) is 19.2. The molecule has 11 heteroatoms. The van der Waals surface area contributed by atoms with Crippen LogP contribution >= 0.6 is 11.8 Å². The molecule has 1 aliphatic rings. The van der Waals surface area contributed by atoms with E-state index in [1.54, 1.807) is 24.2 Å². The predicted octanol–water partition coefficient (Wildman–Crippen LogP) is 4.82. The van der Waals surface area contributed by atoms with Gasteiger partial charge in [-0.1, -0.05) is 31.7 Å². The van der Waals surface area contributed by atoms with Crippen LogP contribution in [0.2, 0.25) is 0 Å². The maximum Gasteiger partial charge on any atom is 0.416 e.